The van der Waals surface area contributed by atoms with Crippen LogP contribution in [0.15, 0.2) is 6.07 Å². The van der Waals surface area contributed by atoms with Gasteiger partial charge in [-0.1, -0.05) is 0 Å². The highest BCUT2D eigenvalue weighted by Gasteiger charge is 2.25. The summed E-state index contributed by atoms with van der Waals surface area (Å²) in [6.07, 6.45) is 1.42. The van der Waals surface area contributed by atoms with E-state index in [9.17, 15) is 9.59 Å². The SMILES string of the molecule is CC(=O)N1CCC(C(=O)NCCOc2cc(N3CCOCC3)nc(C)n2)CC1. The van der Waals surface area contributed by atoms with Crippen LogP contribution in [0.2, 0.25) is 0 Å². The van der Waals surface area contributed by atoms with E-state index in [2.05, 4.69) is 20.2 Å². The number of rotatable bonds is 6. The van der Waals surface area contributed by atoms with Gasteiger partial charge in [-0.15, -0.1) is 0 Å². The predicted octanol–water partition coefficient (Wildman–Crippen LogP) is 0.375. The number of carbonyl (C=O) groups is 2. The van der Waals surface area contributed by atoms with Gasteiger partial charge in [-0.2, -0.15) is 4.98 Å². The molecule has 2 aliphatic rings. The van der Waals surface area contributed by atoms with Gasteiger partial charge in [0.1, 0.15) is 18.2 Å². The highest BCUT2D eigenvalue weighted by molar-refractivity contribution is 5.79. The Morgan fingerprint density at radius 1 is 1.21 bits per heavy atom. The topological polar surface area (TPSA) is 96.9 Å². The number of aromatic nitrogens is 2. The third-order valence-corrected chi connectivity index (χ3v) is 5.10. The Morgan fingerprint density at radius 2 is 1.93 bits per heavy atom. The van der Waals surface area contributed by atoms with E-state index in [1.165, 1.54) is 0 Å². The first-order valence-corrected chi connectivity index (χ1v) is 9.87. The Morgan fingerprint density at radius 3 is 2.61 bits per heavy atom. The Hall–Kier alpha value is -2.42. The van der Waals surface area contributed by atoms with Gasteiger partial charge >= 0.3 is 0 Å². The lowest BCUT2D eigenvalue weighted by Gasteiger charge is -2.30. The van der Waals surface area contributed by atoms with E-state index in [1.54, 1.807) is 11.8 Å². The van der Waals surface area contributed by atoms with E-state index in [0.717, 1.165) is 18.9 Å². The standard InChI is InChI=1S/C19H29N5O4/c1-14-21-17(24-8-11-27-12-9-24)13-18(22-14)28-10-5-20-19(26)16-3-6-23(7-4-16)15(2)25/h13,16H,3-12H2,1-2H3,(H,20,26). The molecule has 28 heavy (non-hydrogen) atoms. The molecule has 1 aromatic heterocycles. The van der Waals surface area contributed by atoms with Crippen molar-refractivity contribution in [1.82, 2.24) is 20.2 Å². The van der Waals surface area contributed by atoms with Crippen molar-refractivity contribution >= 4 is 17.6 Å². The average Bonchev–Trinajstić information content (AvgIpc) is 2.71. The van der Waals surface area contributed by atoms with Gasteiger partial charge in [-0.25, -0.2) is 4.98 Å². The molecule has 0 bridgehead atoms. The van der Waals surface area contributed by atoms with E-state index in [1.807, 2.05) is 13.0 Å². The van der Waals surface area contributed by atoms with Gasteiger partial charge in [0.2, 0.25) is 17.7 Å². The molecule has 0 saturated carbocycles. The van der Waals surface area contributed by atoms with Crippen molar-refractivity contribution in [1.29, 1.82) is 0 Å². The van der Waals surface area contributed by atoms with Crippen LogP contribution in [0, 0.1) is 12.8 Å². The molecule has 154 valence electrons. The van der Waals surface area contributed by atoms with Gasteiger partial charge in [0, 0.05) is 45.1 Å². The van der Waals surface area contributed by atoms with E-state index >= 15 is 0 Å². The fraction of sp³-hybridized carbons (Fsp3) is 0.684. The predicted molar refractivity (Wildman–Crippen MR) is 103 cm³/mol. The van der Waals surface area contributed by atoms with E-state index in [0.29, 0.717) is 64.0 Å². The second kappa shape index (κ2) is 9.68. The zero-order valence-electron chi connectivity index (χ0n) is 16.6. The number of aryl methyl sites for hydroxylation is 1. The first kappa shape index (κ1) is 20.3. The molecule has 9 heteroatoms. The van der Waals surface area contributed by atoms with Gasteiger partial charge in [0.25, 0.3) is 0 Å². The minimum absolute atomic E-state index is 0.0275. The number of carbonyl (C=O) groups excluding carboxylic acids is 2. The van der Waals surface area contributed by atoms with Crippen molar-refractivity contribution in [2.24, 2.45) is 5.92 Å². The summed E-state index contributed by atoms with van der Waals surface area (Å²) >= 11 is 0. The number of morpholine rings is 1. The van der Waals surface area contributed by atoms with E-state index in [-0.39, 0.29) is 17.7 Å². The number of ether oxygens (including phenoxy) is 2. The quantitative estimate of drug-likeness (QED) is 0.700. The van der Waals surface area contributed by atoms with Crippen LogP contribution in [0.5, 0.6) is 5.88 Å². The summed E-state index contributed by atoms with van der Waals surface area (Å²) in [7, 11) is 0. The third kappa shape index (κ3) is 5.54. The molecule has 2 aliphatic heterocycles. The molecule has 2 amide bonds. The second-order valence-corrected chi connectivity index (χ2v) is 7.13. The Labute approximate surface area is 165 Å². The van der Waals surface area contributed by atoms with E-state index < -0.39 is 0 Å². The van der Waals surface area contributed by atoms with Gasteiger partial charge in [-0.05, 0) is 19.8 Å². The summed E-state index contributed by atoms with van der Waals surface area (Å²) in [5, 5.41) is 2.92. The number of piperidine rings is 1. The van der Waals surface area contributed by atoms with Crippen molar-refractivity contribution in [2.45, 2.75) is 26.7 Å². The zero-order chi connectivity index (χ0) is 19.9. The lowest BCUT2D eigenvalue weighted by molar-refractivity contribution is -0.133. The first-order chi connectivity index (χ1) is 13.5. The summed E-state index contributed by atoms with van der Waals surface area (Å²) < 4.78 is 11.1. The normalized spacial score (nSPS) is 18.1. The number of nitrogens with zero attached hydrogens (tertiary/aromatic N) is 4. The van der Waals surface area contributed by atoms with Gasteiger partial charge in [0.15, 0.2) is 0 Å². The molecule has 9 nitrogen and oxygen atoms in total. The third-order valence-electron chi connectivity index (χ3n) is 5.10. The first-order valence-electron chi connectivity index (χ1n) is 9.87. The van der Waals surface area contributed by atoms with Crippen molar-refractivity contribution < 1.29 is 19.1 Å². The van der Waals surface area contributed by atoms with Gasteiger partial charge in [-0.3, -0.25) is 9.59 Å². The smallest absolute Gasteiger partial charge is 0.223 e. The summed E-state index contributed by atoms with van der Waals surface area (Å²) in [6, 6.07) is 1.83. The molecular formula is C19H29N5O4. The lowest BCUT2D eigenvalue weighted by atomic mass is 9.96. The molecule has 0 aliphatic carbocycles. The Balaban J connectivity index is 1.42. The highest BCUT2D eigenvalue weighted by atomic mass is 16.5. The summed E-state index contributed by atoms with van der Waals surface area (Å²) in [6.45, 7) is 8.45. The minimum atomic E-state index is -0.0372. The molecule has 1 aromatic rings. The maximum absolute atomic E-state index is 12.3. The number of hydrogen-bond donors (Lipinski definition) is 1. The van der Waals surface area contributed by atoms with Gasteiger partial charge < -0.3 is 24.6 Å². The number of nitrogens with one attached hydrogen (secondary N) is 1. The number of likely N-dealkylation sites (tertiary alicyclic amines) is 1. The average molecular weight is 391 g/mol. The van der Waals surface area contributed by atoms with E-state index in [4.69, 9.17) is 9.47 Å². The maximum atomic E-state index is 12.3. The molecule has 0 atom stereocenters. The molecule has 3 rings (SSSR count). The van der Waals surface area contributed by atoms with Crippen LogP contribution in [0.4, 0.5) is 5.82 Å². The largest absolute Gasteiger partial charge is 0.476 e. The van der Waals surface area contributed by atoms with Crippen molar-refractivity contribution in [3.05, 3.63) is 11.9 Å². The molecule has 0 unspecified atom stereocenters. The number of amides is 2. The summed E-state index contributed by atoms with van der Waals surface area (Å²) in [5.41, 5.74) is 0. The monoisotopic (exact) mass is 391 g/mol. The minimum Gasteiger partial charge on any atom is -0.476 e. The molecule has 2 fully saturated rings. The molecule has 1 N–H and O–H groups in total. The van der Waals surface area contributed by atoms with Crippen LogP contribution in [-0.2, 0) is 14.3 Å². The second-order valence-electron chi connectivity index (χ2n) is 7.13. The Bertz CT molecular complexity index is 685. The molecule has 0 radical (unpaired) electrons. The lowest BCUT2D eigenvalue weighted by Crippen LogP contribution is -2.42. The Kier molecular flexibility index (Phi) is 7.02. The van der Waals surface area contributed by atoms with Crippen molar-refractivity contribution in [2.75, 3.05) is 57.4 Å². The van der Waals surface area contributed by atoms with Crippen LogP contribution < -0.4 is 15.0 Å². The van der Waals surface area contributed by atoms with Crippen LogP contribution in [0.3, 0.4) is 0 Å². The summed E-state index contributed by atoms with van der Waals surface area (Å²) in [4.78, 5) is 36.4. The molecule has 3 heterocycles. The fourth-order valence-corrected chi connectivity index (χ4v) is 3.48. The molecule has 0 spiro atoms. The van der Waals surface area contributed by atoms with Crippen LogP contribution in [0.1, 0.15) is 25.6 Å². The molecule has 2 saturated heterocycles. The molecule has 0 aromatic carbocycles. The van der Waals surface area contributed by atoms with Crippen molar-refractivity contribution in [3.63, 3.8) is 0 Å². The van der Waals surface area contributed by atoms with Gasteiger partial charge in [0.05, 0.1) is 19.8 Å². The highest BCUT2D eigenvalue weighted by Crippen LogP contribution is 2.19. The van der Waals surface area contributed by atoms with Crippen LogP contribution >= 0.6 is 0 Å². The zero-order valence-corrected chi connectivity index (χ0v) is 16.6. The number of hydrogen-bond acceptors (Lipinski definition) is 7. The fourth-order valence-electron chi connectivity index (χ4n) is 3.48. The molecular weight excluding hydrogens is 362 g/mol. The van der Waals surface area contributed by atoms with Crippen molar-refractivity contribution in [3.8, 4) is 5.88 Å². The van der Waals surface area contributed by atoms with Crippen LogP contribution in [-0.4, -0.2) is 79.2 Å². The maximum Gasteiger partial charge on any atom is 0.223 e. The van der Waals surface area contributed by atoms with Crippen LogP contribution in [0.25, 0.3) is 0 Å². The summed E-state index contributed by atoms with van der Waals surface area (Å²) in [5.74, 6) is 2.07. The number of anilines is 1.